The third-order valence-corrected chi connectivity index (χ3v) is 6.57. The third kappa shape index (κ3) is 5.86. The van der Waals surface area contributed by atoms with Gasteiger partial charge in [0.1, 0.15) is 5.69 Å². The number of piperidine rings is 1. The topological polar surface area (TPSA) is 50.2 Å². The molecule has 0 unspecified atom stereocenters. The van der Waals surface area contributed by atoms with Crippen LogP contribution in [0.1, 0.15) is 40.7 Å². The first-order valence-electron chi connectivity index (χ1n) is 12.3. The average Bonchev–Trinajstić information content (AvgIpc) is 3.35. The van der Waals surface area contributed by atoms with Crippen LogP contribution in [0.3, 0.4) is 0 Å². The predicted octanol–water partition coefficient (Wildman–Crippen LogP) is 4.11. The fourth-order valence-electron chi connectivity index (χ4n) is 4.59. The fraction of sp³-hybridized carbons (Fsp3) is 0.241. The van der Waals surface area contributed by atoms with Gasteiger partial charge in [0.2, 0.25) is 0 Å². The minimum absolute atomic E-state index is 0. The Hall–Kier alpha value is -3.78. The van der Waals surface area contributed by atoms with Crippen LogP contribution in [0.25, 0.3) is 16.9 Å². The van der Waals surface area contributed by atoms with Crippen LogP contribution in [-0.2, 0) is 6.18 Å². The van der Waals surface area contributed by atoms with Gasteiger partial charge in [0, 0.05) is 24.8 Å². The fourth-order valence-corrected chi connectivity index (χ4v) is 4.59. The van der Waals surface area contributed by atoms with Crippen molar-refractivity contribution in [2.75, 3.05) is 23.3 Å². The molecule has 1 aromatic heterocycles. The molecule has 2 heterocycles. The van der Waals surface area contributed by atoms with Crippen molar-refractivity contribution in [3.05, 3.63) is 95.7 Å². The number of hydrogen-bond donors (Lipinski definition) is 1. The summed E-state index contributed by atoms with van der Waals surface area (Å²) in [5.41, 5.74) is 3.23. The number of alkyl halides is 3. The standard InChI is InChI=1S/C29H27F3N4O.ClH/c1-20-10-12-21(13-11-20)27-24(19-36(34-27)23-8-4-2-5-9-23)28(37)33-25-18-22(29(30,31)32)14-15-26(25)35-16-6-3-7-17-35;/h2,4-5,8-15,18-19H,3,6-7,16-17H2,1H3,(H,33,37);1H/p-1. The van der Waals surface area contributed by atoms with Crippen LogP contribution in [0.15, 0.2) is 79.0 Å². The van der Waals surface area contributed by atoms with E-state index in [2.05, 4.69) is 10.4 Å². The highest BCUT2D eigenvalue weighted by Crippen LogP contribution is 2.37. The SMILES string of the molecule is Cc1ccc(-c2nn(-c3ccccc3)cc2C(=O)Nc2cc(C(F)(F)F)ccc2N2CCCCC2)cc1.[Cl-]. The molecule has 198 valence electrons. The van der Waals surface area contributed by atoms with Crippen LogP contribution in [0.2, 0.25) is 0 Å². The largest absolute Gasteiger partial charge is 1.00 e. The number of anilines is 2. The molecule has 3 aromatic carbocycles. The normalized spacial score (nSPS) is 13.6. The van der Waals surface area contributed by atoms with Gasteiger partial charge < -0.3 is 22.6 Å². The molecule has 1 amide bonds. The Balaban J connectivity index is 0.00000336. The first-order chi connectivity index (χ1) is 17.8. The Bertz CT molecular complexity index is 1400. The van der Waals surface area contributed by atoms with E-state index in [4.69, 9.17) is 0 Å². The Labute approximate surface area is 225 Å². The lowest BCUT2D eigenvalue weighted by Crippen LogP contribution is -3.00. The van der Waals surface area contributed by atoms with E-state index in [9.17, 15) is 18.0 Å². The Morgan fingerprint density at radius 3 is 2.26 bits per heavy atom. The molecule has 1 aliphatic heterocycles. The van der Waals surface area contributed by atoms with Gasteiger partial charge in [0.05, 0.1) is 28.2 Å². The molecule has 1 aliphatic rings. The summed E-state index contributed by atoms with van der Waals surface area (Å²) < 4.78 is 42.3. The molecule has 0 radical (unpaired) electrons. The van der Waals surface area contributed by atoms with Gasteiger partial charge in [-0.3, -0.25) is 4.79 Å². The summed E-state index contributed by atoms with van der Waals surface area (Å²) in [6, 6.07) is 20.5. The molecule has 4 aromatic rings. The monoisotopic (exact) mass is 539 g/mol. The Morgan fingerprint density at radius 1 is 0.921 bits per heavy atom. The number of nitrogens with zero attached hydrogens (tertiary/aromatic N) is 3. The second-order valence-electron chi connectivity index (χ2n) is 9.27. The molecule has 5 rings (SSSR count). The zero-order valence-corrected chi connectivity index (χ0v) is 21.6. The minimum atomic E-state index is -4.52. The lowest BCUT2D eigenvalue weighted by molar-refractivity contribution is -0.137. The summed E-state index contributed by atoms with van der Waals surface area (Å²) in [6.45, 7) is 3.43. The molecule has 5 nitrogen and oxygen atoms in total. The van der Waals surface area contributed by atoms with Crippen molar-refractivity contribution >= 4 is 17.3 Å². The maximum Gasteiger partial charge on any atom is 0.416 e. The number of halogens is 4. The van der Waals surface area contributed by atoms with Gasteiger partial charge in [-0.05, 0) is 56.5 Å². The van der Waals surface area contributed by atoms with Gasteiger partial charge in [-0.25, -0.2) is 4.68 Å². The zero-order valence-electron chi connectivity index (χ0n) is 20.8. The van der Waals surface area contributed by atoms with Gasteiger partial charge in [0.25, 0.3) is 5.91 Å². The molecular formula is C29H27ClF3N4O-. The molecule has 1 saturated heterocycles. The maximum atomic E-state index is 13.7. The van der Waals surface area contributed by atoms with E-state index in [0.717, 1.165) is 61.3 Å². The summed E-state index contributed by atoms with van der Waals surface area (Å²) in [7, 11) is 0. The molecule has 1 N–H and O–H groups in total. The molecule has 0 bridgehead atoms. The first-order valence-corrected chi connectivity index (χ1v) is 12.3. The van der Waals surface area contributed by atoms with Gasteiger partial charge in [-0.15, -0.1) is 0 Å². The van der Waals surface area contributed by atoms with E-state index in [1.807, 2.05) is 66.4 Å². The van der Waals surface area contributed by atoms with E-state index in [1.54, 1.807) is 10.9 Å². The van der Waals surface area contributed by atoms with Gasteiger partial charge >= 0.3 is 6.18 Å². The number of amides is 1. The highest BCUT2D eigenvalue weighted by molar-refractivity contribution is 6.09. The Kier molecular flexibility index (Phi) is 8.11. The van der Waals surface area contributed by atoms with Crippen LogP contribution >= 0.6 is 0 Å². The molecule has 0 spiro atoms. The van der Waals surface area contributed by atoms with Crippen LogP contribution in [0.5, 0.6) is 0 Å². The second kappa shape index (κ2) is 11.3. The van der Waals surface area contributed by atoms with Gasteiger partial charge in [0.15, 0.2) is 0 Å². The van der Waals surface area contributed by atoms with Crippen molar-refractivity contribution in [2.24, 2.45) is 0 Å². The third-order valence-electron chi connectivity index (χ3n) is 6.57. The van der Waals surface area contributed by atoms with E-state index in [-0.39, 0.29) is 23.7 Å². The number of rotatable bonds is 5. The smallest absolute Gasteiger partial charge is 0.416 e. The van der Waals surface area contributed by atoms with Gasteiger partial charge in [-0.1, -0.05) is 48.0 Å². The van der Waals surface area contributed by atoms with Crippen molar-refractivity contribution in [1.29, 1.82) is 0 Å². The molecule has 0 atom stereocenters. The second-order valence-corrected chi connectivity index (χ2v) is 9.27. The molecule has 9 heteroatoms. The number of hydrogen-bond acceptors (Lipinski definition) is 3. The number of aryl methyl sites for hydroxylation is 1. The number of nitrogens with one attached hydrogen (secondary N) is 1. The molecule has 38 heavy (non-hydrogen) atoms. The average molecular weight is 540 g/mol. The summed E-state index contributed by atoms with van der Waals surface area (Å²) in [5.74, 6) is -0.518. The zero-order chi connectivity index (χ0) is 26.0. The summed E-state index contributed by atoms with van der Waals surface area (Å²) >= 11 is 0. The van der Waals surface area contributed by atoms with E-state index in [0.29, 0.717) is 11.4 Å². The summed E-state index contributed by atoms with van der Waals surface area (Å²) in [5, 5.41) is 7.47. The first kappa shape index (κ1) is 27.3. The quantitative estimate of drug-likeness (QED) is 0.415. The highest BCUT2D eigenvalue weighted by atomic mass is 35.5. The molecule has 0 saturated carbocycles. The van der Waals surface area contributed by atoms with Crippen molar-refractivity contribution in [2.45, 2.75) is 32.4 Å². The molecule has 1 fully saturated rings. The number of aromatic nitrogens is 2. The number of carbonyl (C=O) groups is 1. The van der Waals surface area contributed by atoms with Crippen LogP contribution in [0, 0.1) is 6.92 Å². The highest BCUT2D eigenvalue weighted by Gasteiger charge is 2.32. The predicted molar refractivity (Wildman–Crippen MR) is 139 cm³/mol. The lowest BCUT2D eigenvalue weighted by Gasteiger charge is -2.31. The number of benzene rings is 3. The summed E-state index contributed by atoms with van der Waals surface area (Å²) in [6.07, 6.45) is 0.0856. The molecule has 0 aliphatic carbocycles. The van der Waals surface area contributed by atoms with Crippen molar-refractivity contribution in [3.8, 4) is 16.9 Å². The minimum Gasteiger partial charge on any atom is -1.00 e. The van der Waals surface area contributed by atoms with Crippen molar-refractivity contribution in [1.82, 2.24) is 9.78 Å². The number of para-hydroxylation sites is 1. The van der Waals surface area contributed by atoms with E-state index >= 15 is 0 Å². The van der Waals surface area contributed by atoms with Crippen molar-refractivity contribution < 1.29 is 30.4 Å². The van der Waals surface area contributed by atoms with Gasteiger partial charge in [-0.2, -0.15) is 18.3 Å². The maximum absolute atomic E-state index is 13.7. The van der Waals surface area contributed by atoms with E-state index < -0.39 is 17.6 Å². The summed E-state index contributed by atoms with van der Waals surface area (Å²) in [4.78, 5) is 15.7. The number of carbonyl (C=O) groups excluding carboxylic acids is 1. The van der Waals surface area contributed by atoms with Crippen molar-refractivity contribution in [3.63, 3.8) is 0 Å². The Morgan fingerprint density at radius 2 is 1.61 bits per heavy atom. The molecular weight excluding hydrogens is 513 g/mol. The lowest BCUT2D eigenvalue weighted by atomic mass is 10.1. The van der Waals surface area contributed by atoms with Crippen LogP contribution in [0.4, 0.5) is 24.5 Å². The van der Waals surface area contributed by atoms with E-state index in [1.165, 1.54) is 6.07 Å². The van der Waals surface area contributed by atoms with Crippen LogP contribution < -0.4 is 22.6 Å². The van der Waals surface area contributed by atoms with Crippen LogP contribution in [-0.4, -0.2) is 28.8 Å².